The minimum atomic E-state index is -0.481. The summed E-state index contributed by atoms with van der Waals surface area (Å²) in [5, 5.41) is 29.7. The average molecular weight is 1010 g/mol. The van der Waals surface area contributed by atoms with E-state index in [9.17, 15) is 20.2 Å². The maximum absolute atomic E-state index is 11.8. The first kappa shape index (κ1) is 55.0. The Bertz CT molecular complexity index is 4280. The highest BCUT2D eigenvalue weighted by atomic mass is 16.6. The number of non-ortho nitro benzene ring substituents is 2. The van der Waals surface area contributed by atoms with Crippen LogP contribution in [0.2, 0.25) is 0 Å². The number of fused-ring (bicyclic) bond motifs is 6. The smallest absolute Gasteiger partial charge is 0.270 e. The first-order valence-electron chi connectivity index (χ1n) is 25.8. The standard InChI is InChI=1S/C70H50N4O4/c1-5-9-45-71(46-10-6-2)67-41-37-55-25-13-17-29-59-49-62-32-20-16-28-58-40-44-70(74(77)78)54-66(58)36-24-22-34-64-52-68(72(47-11-7-3)48-12-8-4)42-38-56(64)26-14-18-30-60(62)50-61(59)31-19-15-27-57-39-43-69(73(75)76)53-65(57)35-23-21-33-63(55)51-67/h37-44,49-54H,5-12,45-48H2,1-4H3. The Morgan fingerprint density at radius 1 is 0.346 bits per heavy atom. The first-order valence-corrected chi connectivity index (χ1v) is 25.8. The maximum Gasteiger partial charge on any atom is 0.270 e. The lowest BCUT2D eigenvalue weighted by Crippen LogP contribution is -2.29. The number of nitrogens with zero attached hydrogens (tertiary/aromatic N) is 4. The lowest BCUT2D eigenvalue weighted by atomic mass is 10.1. The Hall–Kier alpha value is -10.8. The fourth-order valence-corrected chi connectivity index (χ4v) is 7.93. The summed E-state index contributed by atoms with van der Waals surface area (Å²) in [6, 6.07) is 60.6. The number of nitro groups is 2. The van der Waals surface area contributed by atoms with Crippen molar-refractivity contribution in [1.29, 1.82) is 0 Å². The van der Waals surface area contributed by atoms with E-state index in [2.05, 4.69) is 191 Å². The van der Waals surface area contributed by atoms with E-state index in [0.717, 1.165) is 88.9 Å². The minimum Gasteiger partial charge on any atom is -0.372 e. The van der Waals surface area contributed by atoms with Gasteiger partial charge in [0.05, 0.1) is 9.85 Å². The fraction of sp³-hybridized carbons (Fsp3) is 0.229. The van der Waals surface area contributed by atoms with Gasteiger partial charge in [0.1, 0.15) is 0 Å². The number of benzene rings is 5. The van der Waals surface area contributed by atoms with E-state index in [4.69, 9.17) is 0 Å². The molecule has 0 N–H and O–H groups in total. The van der Waals surface area contributed by atoms with Crippen LogP contribution in [-0.2, 0) is 0 Å². The highest BCUT2D eigenvalue weighted by Crippen LogP contribution is 2.21. The van der Waals surface area contributed by atoms with Crippen molar-refractivity contribution < 1.29 is 9.85 Å². The second-order valence-electron chi connectivity index (χ2n) is 17.8. The highest BCUT2D eigenvalue weighted by Gasteiger charge is 2.09. The zero-order valence-corrected chi connectivity index (χ0v) is 44.0. The molecule has 0 spiro atoms. The van der Waals surface area contributed by atoms with Crippen molar-refractivity contribution in [2.75, 3.05) is 36.0 Å². The third-order valence-corrected chi connectivity index (χ3v) is 12.2. The van der Waals surface area contributed by atoms with E-state index in [1.807, 2.05) is 24.3 Å². The molecule has 0 aliphatic heterocycles. The fourth-order valence-electron chi connectivity index (χ4n) is 7.93. The van der Waals surface area contributed by atoms with Crippen molar-refractivity contribution in [2.45, 2.75) is 79.1 Å². The summed E-state index contributed by atoms with van der Waals surface area (Å²) >= 11 is 0. The molecule has 0 fully saturated rings. The van der Waals surface area contributed by atoms with Crippen LogP contribution in [0.25, 0.3) is 66.7 Å². The van der Waals surface area contributed by atoms with Gasteiger partial charge >= 0.3 is 0 Å². The van der Waals surface area contributed by atoms with Gasteiger partial charge in [0.2, 0.25) is 0 Å². The van der Waals surface area contributed by atoms with Crippen molar-refractivity contribution in [3.05, 3.63) is 244 Å². The molecule has 0 bridgehead atoms. The van der Waals surface area contributed by atoms with E-state index in [1.54, 1.807) is 24.3 Å². The van der Waals surface area contributed by atoms with Crippen LogP contribution >= 0.6 is 0 Å². The molecule has 6 aromatic carbocycles. The van der Waals surface area contributed by atoms with E-state index in [0.29, 0.717) is 63.6 Å². The summed E-state index contributed by atoms with van der Waals surface area (Å²) < 4.78 is 0. The Kier molecular flexibility index (Phi) is 20.2. The molecule has 0 radical (unpaired) electrons. The Morgan fingerprint density at radius 2 is 0.654 bits per heavy atom. The number of hydrogen-bond acceptors (Lipinski definition) is 6. The zero-order chi connectivity index (χ0) is 54.9. The summed E-state index contributed by atoms with van der Waals surface area (Å²) in [6.07, 6.45) is 8.39. The van der Waals surface area contributed by atoms with Crippen LogP contribution in [0, 0.1) is 93.0 Å². The molecule has 6 aromatic rings. The molecule has 0 aromatic heterocycles. The van der Waals surface area contributed by atoms with E-state index >= 15 is 0 Å². The molecule has 374 valence electrons. The molecule has 1 aliphatic rings. The molecule has 78 heavy (non-hydrogen) atoms. The third kappa shape index (κ3) is 15.6. The number of unbranched alkanes of at least 4 members (excludes halogenated alkanes) is 4. The van der Waals surface area contributed by atoms with Gasteiger partial charge in [-0.1, -0.05) is 124 Å². The highest BCUT2D eigenvalue weighted by molar-refractivity contribution is 5.83. The van der Waals surface area contributed by atoms with Gasteiger partial charge in [-0.3, -0.25) is 20.2 Å². The molecule has 0 atom stereocenters. The van der Waals surface area contributed by atoms with Gasteiger partial charge in [-0.05, 0) is 157 Å². The summed E-state index contributed by atoms with van der Waals surface area (Å²) in [5.74, 6) is 0. The number of nitro benzene ring substituents is 2. The molecular formula is C70H50N4O4. The van der Waals surface area contributed by atoms with Crippen molar-refractivity contribution >= 4 is 89.5 Å². The minimum absolute atomic E-state index is 0.134. The first-order chi connectivity index (χ1) is 38.2. The predicted octanol–water partition coefficient (Wildman–Crippen LogP) is 10.0. The van der Waals surface area contributed by atoms with Crippen LogP contribution in [-0.4, -0.2) is 36.0 Å². The summed E-state index contributed by atoms with van der Waals surface area (Å²) in [5.41, 5.74) is 38.2. The lowest BCUT2D eigenvalue weighted by Gasteiger charge is -2.24. The van der Waals surface area contributed by atoms with Crippen LogP contribution in [0.4, 0.5) is 22.7 Å². The maximum atomic E-state index is 11.8. The second kappa shape index (κ2) is 28.6. The zero-order valence-electron chi connectivity index (χ0n) is 44.0. The van der Waals surface area contributed by atoms with E-state index in [-0.39, 0.29) is 11.4 Å². The summed E-state index contributed by atoms with van der Waals surface area (Å²) in [7, 11) is 0. The Balaban J connectivity index is 1.60. The molecule has 8 nitrogen and oxygen atoms in total. The van der Waals surface area contributed by atoms with E-state index in [1.165, 1.54) is 24.3 Å². The van der Waals surface area contributed by atoms with Crippen LogP contribution < -0.4 is 41.1 Å². The molecule has 8 heteroatoms. The molecule has 1 aliphatic carbocycles. The monoisotopic (exact) mass is 1010 g/mol. The van der Waals surface area contributed by atoms with Gasteiger partial charge in [-0.15, -0.1) is 0 Å². The molecule has 0 saturated heterocycles. The summed E-state index contributed by atoms with van der Waals surface area (Å²) in [6.45, 7) is 12.3. The molecule has 0 amide bonds. The normalized spacial score (nSPS) is 10.0. The van der Waals surface area contributed by atoms with Gasteiger partial charge in [0.25, 0.3) is 11.4 Å². The Labute approximate surface area is 455 Å². The molecule has 0 saturated carbocycles. The van der Waals surface area contributed by atoms with Gasteiger partial charge in [-0.25, -0.2) is 0 Å². The second-order valence-corrected chi connectivity index (χ2v) is 17.8. The third-order valence-electron chi connectivity index (χ3n) is 12.2. The lowest BCUT2D eigenvalue weighted by molar-refractivity contribution is -0.385. The van der Waals surface area contributed by atoms with Gasteiger partial charge in [0, 0.05) is 125 Å². The van der Waals surface area contributed by atoms with E-state index < -0.39 is 9.85 Å². The predicted molar refractivity (Wildman–Crippen MR) is 307 cm³/mol. The number of hydrogen-bond donors (Lipinski definition) is 0. The topological polar surface area (TPSA) is 92.8 Å². The quantitative estimate of drug-likeness (QED) is 0.0544. The molecule has 0 heterocycles. The van der Waals surface area contributed by atoms with Crippen molar-refractivity contribution in [1.82, 2.24) is 0 Å². The van der Waals surface area contributed by atoms with Crippen molar-refractivity contribution in [2.24, 2.45) is 0 Å². The average Bonchev–Trinajstić information content (AvgIpc) is 3.46. The van der Waals surface area contributed by atoms with Crippen molar-refractivity contribution in [3.63, 3.8) is 0 Å². The van der Waals surface area contributed by atoms with Gasteiger partial charge in [0.15, 0.2) is 0 Å². The Morgan fingerprint density at radius 3 is 1.09 bits per heavy atom. The number of rotatable bonds is 16. The number of anilines is 2. The largest absolute Gasteiger partial charge is 0.372 e. The SMILES string of the molecule is CCCCN(CCCC)c1ccc2c(c1)=C=C=C=C=c1cc([N+](=O)[O-])ccc1=C=C=C=C=c1cc3c#cc#cc4ccc(N(CCCC)CCCC)cc4c#cc#cc4cc([N+](=O)[O-])ccc4c#cc#cc3cc1=C=C=C=C=2. The van der Waals surface area contributed by atoms with Crippen molar-refractivity contribution in [3.8, 4) is 0 Å². The van der Waals surface area contributed by atoms with Gasteiger partial charge in [-0.2, -0.15) is 0 Å². The van der Waals surface area contributed by atoms with Gasteiger partial charge < -0.3 is 9.80 Å². The van der Waals surface area contributed by atoms with Crippen LogP contribution in [0.1, 0.15) is 79.1 Å². The summed E-state index contributed by atoms with van der Waals surface area (Å²) in [4.78, 5) is 27.4. The molecule has 0 unspecified atom stereocenters. The molecule has 7 rings (SSSR count). The van der Waals surface area contributed by atoms with Crippen LogP contribution in [0.3, 0.4) is 0 Å². The van der Waals surface area contributed by atoms with Crippen LogP contribution in [0.15, 0.2) is 119 Å². The van der Waals surface area contributed by atoms with Crippen LogP contribution in [0.5, 0.6) is 0 Å². The molecular weight excluding hydrogens is 961 g/mol.